The highest BCUT2D eigenvalue weighted by Crippen LogP contribution is 2.18. The summed E-state index contributed by atoms with van der Waals surface area (Å²) < 4.78 is 67.2. The molecule has 3 N–H and O–H groups in total. The Bertz CT molecular complexity index is 792. The molecule has 10 heteroatoms. The third-order valence-electron chi connectivity index (χ3n) is 3.09. The highest BCUT2D eigenvalue weighted by Gasteiger charge is 2.28. The molecule has 6 nitrogen and oxygen atoms in total. The molecule has 0 atom stereocenters. The number of aromatic nitrogens is 1. The van der Waals surface area contributed by atoms with Crippen molar-refractivity contribution in [2.75, 3.05) is 18.9 Å². The Morgan fingerprint density at radius 3 is 2.36 bits per heavy atom. The Hall–Kier alpha value is -2.33. The molecule has 0 unspecified atom stereocenters. The molecular weight excluding hydrogens is 359 g/mol. The molecule has 1 aromatic carbocycles. The molecular formula is C15H16F3N3O3S. The maximum Gasteiger partial charge on any atom is 0.422 e. The van der Waals surface area contributed by atoms with E-state index in [0.717, 1.165) is 23.9 Å². The van der Waals surface area contributed by atoms with Crippen molar-refractivity contribution >= 4 is 15.7 Å². The number of nitrogens with one attached hydrogen (secondary N) is 1. The van der Waals surface area contributed by atoms with Gasteiger partial charge in [-0.2, -0.15) is 13.2 Å². The summed E-state index contributed by atoms with van der Waals surface area (Å²) in [5, 5.41) is 0. The van der Waals surface area contributed by atoms with Crippen molar-refractivity contribution in [1.82, 2.24) is 9.71 Å². The second-order valence-corrected chi connectivity index (χ2v) is 6.89. The first kappa shape index (κ1) is 19.0. The first-order chi connectivity index (χ1) is 11.7. The monoisotopic (exact) mass is 375 g/mol. The van der Waals surface area contributed by atoms with Crippen LogP contribution in [0.25, 0.3) is 0 Å². The van der Waals surface area contributed by atoms with Crippen LogP contribution in [0.3, 0.4) is 0 Å². The topological polar surface area (TPSA) is 94.3 Å². The van der Waals surface area contributed by atoms with Crippen LogP contribution in [0.2, 0.25) is 0 Å². The van der Waals surface area contributed by atoms with Gasteiger partial charge in [0.1, 0.15) is 4.90 Å². The van der Waals surface area contributed by atoms with E-state index in [-0.39, 0.29) is 17.3 Å². The largest absolute Gasteiger partial charge is 0.468 e. The molecule has 0 saturated heterocycles. The zero-order valence-electron chi connectivity index (χ0n) is 13.0. The third kappa shape index (κ3) is 6.24. The Morgan fingerprint density at radius 1 is 1.12 bits per heavy atom. The fourth-order valence-corrected chi connectivity index (χ4v) is 2.84. The molecule has 0 aliphatic rings. The van der Waals surface area contributed by atoms with Gasteiger partial charge in [0, 0.05) is 18.3 Å². The van der Waals surface area contributed by atoms with E-state index in [0.29, 0.717) is 12.1 Å². The first-order valence-corrected chi connectivity index (χ1v) is 8.64. The molecule has 0 bridgehead atoms. The number of sulfonamides is 1. The van der Waals surface area contributed by atoms with E-state index in [9.17, 15) is 21.6 Å². The fourth-order valence-electron chi connectivity index (χ4n) is 1.86. The lowest BCUT2D eigenvalue weighted by Gasteiger charge is -2.09. The van der Waals surface area contributed by atoms with Crippen molar-refractivity contribution in [2.45, 2.75) is 17.5 Å². The number of halogens is 3. The number of pyridine rings is 1. The van der Waals surface area contributed by atoms with Crippen molar-refractivity contribution in [3.63, 3.8) is 0 Å². The molecule has 0 aliphatic heterocycles. The number of anilines is 1. The highest BCUT2D eigenvalue weighted by molar-refractivity contribution is 7.89. The summed E-state index contributed by atoms with van der Waals surface area (Å²) in [5.74, 6) is -0.307. The lowest BCUT2D eigenvalue weighted by molar-refractivity contribution is -0.154. The molecule has 0 fully saturated rings. The van der Waals surface area contributed by atoms with E-state index in [4.69, 9.17) is 5.73 Å². The van der Waals surface area contributed by atoms with Crippen molar-refractivity contribution in [3.05, 3.63) is 48.2 Å². The number of benzene rings is 1. The average molecular weight is 375 g/mol. The van der Waals surface area contributed by atoms with Crippen LogP contribution in [-0.2, 0) is 16.4 Å². The van der Waals surface area contributed by atoms with E-state index in [1.54, 1.807) is 24.3 Å². The van der Waals surface area contributed by atoms with Gasteiger partial charge in [-0.3, -0.25) is 0 Å². The van der Waals surface area contributed by atoms with Crippen LogP contribution in [0.5, 0.6) is 5.88 Å². The SMILES string of the molecule is Nc1ccc(CCNS(=O)(=O)c2ccc(OCC(F)(F)F)nc2)cc1. The molecule has 1 aromatic heterocycles. The Balaban J connectivity index is 1.91. The van der Waals surface area contributed by atoms with Gasteiger partial charge < -0.3 is 10.5 Å². The van der Waals surface area contributed by atoms with Gasteiger partial charge in [0.05, 0.1) is 6.20 Å². The summed E-state index contributed by atoms with van der Waals surface area (Å²) in [7, 11) is -3.81. The van der Waals surface area contributed by atoms with Crippen LogP contribution in [0, 0.1) is 0 Å². The minimum Gasteiger partial charge on any atom is -0.468 e. The molecule has 2 rings (SSSR count). The number of nitrogens with two attached hydrogens (primary N) is 1. The van der Waals surface area contributed by atoms with Gasteiger partial charge in [0.2, 0.25) is 15.9 Å². The standard InChI is InChI=1S/C15H16F3N3O3S/c16-15(17,18)10-24-14-6-5-13(9-20-14)25(22,23)21-8-7-11-1-3-12(19)4-2-11/h1-6,9,21H,7-8,10,19H2. The van der Waals surface area contributed by atoms with Crippen LogP contribution >= 0.6 is 0 Å². The highest BCUT2D eigenvalue weighted by atomic mass is 32.2. The first-order valence-electron chi connectivity index (χ1n) is 7.15. The van der Waals surface area contributed by atoms with Gasteiger partial charge in [0.25, 0.3) is 0 Å². The maximum atomic E-state index is 12.1. The summed E-state index contributed by atoms with van der Waals surface area (Å²) in [6, 6.07) is 9.21. The summed E-state index contributed by atoms with van der Waals surface area (Å²) in [6.07, 6.45) is -3.09. The van der Waals surface area contributed by atoms with Crippen molar-refractivity contribution < 1.29 is 26.3 Å². The lowest BCUT2D eigenvalue weighted by atomic mass is 10.1. The van der Waals surface area contributed by atoms with Gasteiger partial charge in [-0.15, -0.1) is 0 Å². The molecule has 0 spiro atoms. The molecule has 0 amide bonds. The van der Waals surface area contributed by atoms with E-state index in [1.165, 1.54) is 0 Å². The van der Waals surface area contributed by atoms with Crippen molar-refractivity contribution in [1.29, 1.82) is 0 Å². The summed E-state index contributed by atoms with van der Waals surface area (Å²) in [5.41, 5.74) is 7.09. The summed E-state index contributed by atoms with van der Waals surface area (Å²) in [4.78, 5) is 3.41. The summed E-state index contributed by atoms with van der Waals surface area (Å²) in [6.45, 7) is -1.34. The van der Waals surface area contributed by atoms with Gasteiger partial charge in [0.15, 0.2) is 6.61 Å². The minimum atomic E-state index is -4.49. The van der Waals surface area contributed by atoms with E-state index >= 15 is 0 Å². The van der Waals surface area contributed by atoms with Gasteiger partial charge in [-0.1, -0.05) is 12.1 Å². The quantitative estimate of drug-likeness (QED) is 0.723. The average Bonchev–Trinajstić information content (AvgIpc) is 2.54. The lowest BCUT2D eigenvalue weighted by Crippen LogP contribution is -2.26. The number of nitrogens with zero attached hydrogens (tertiary/aromatic N) is 1. The number of rotatable bonds is 7. The normalized spacial score (nSPS) is 12.1. The Labute approximate surface area is 142 Å². The predicted molar refractivity (Wildman–Crippen MR) is 85.5 cm³/mol. The minimum absolute atomic E-state index is 0.151. The summed E-state index contributed by atoms with van der Waals surface area (Å²) >= 11 is 0. The molecule has 136 valence electrons. The fraction of sp³-hybridized carbons (Fsp3) is 0.267. The van der Waals surface area contributed by atoms with Crippen LogP contribution in [0.1, 0.15) is 5.56 Å². The molecule has 0 radical (unpaired) electrons. The second-order valence-electron chi connectivity index (χ2n) is 5.13. The molecule has 2 aromatic rings. The predicted octanol–water partition coefficient (Wildman–Crippen LogP) is 2.13. The van der Waals surface area contributed by atoms with Crippen LogP contribution in [0.15, 0.2) is 47.5 Å². The number of alkyl halides is 3. The number of hydrogen-bond acceptors (Lipinski definition) is 5. The van der Waals surface area contributed by atoms with Crippen molar-refractivity contribution in [2.24, 2.45) is 0 Å². The van der Waals surface area contributed by atoms with Crippen molar-refractivity contribution in [3.8, 4) is 5.88 Å². The Morgan fingerprint density at radius 2 is 1.80 bits per heavy atom. The molecule has 0 saturated carbocycles. The van der Waals surface area contributed by atoms with Gasteiger partial charge in [-0.25, -0.2) is 18.1 Å². The van der Waals surface area contributed by atoms with Crippen LogP contribution in [-0.4, -0.2) is 32.7 Å². The molecule has 1 heterocycles. The second kappa shape index (κ2) is 7.70. The Kier molecular flexibility index (Phi) is 5.85. The van der Waals surface area contributed by atoms with E-state index < -0.39 is 22.8 Å². The zero-order chi connectivity index (χ0) is 18.5. The zero-order valence-corrected chi connectivity index (χ0v) is 13.8. The number of hydrogen-bond donors (Lipinski definition) is 2. The van der Waals surface area contributed by atoms with Gasteiger partial charge >= 0.3 is 6.18 Å². The third-order valence-corrected chi connectivity index (χ3v) is 4.53. The molecule has 0 aliphatic carbocycles. The number of ether oxygens (including phenoxy) is 1. The number of nitrogen functional groups attached to an aromatic ring is 1. The maximum absolute atomic E-state index is 12.1. The molecule has 25 heavy (non-hydrogen) atoms. The van der Waals surface area contributed by atoms with Gasteiger partial charge in [-0.05, 0) is 30.2 Å². The van der Waals surface area contributed by atoms with E-state index in [2.05, 4.69) is 14.4 Å². The smallest absolute Gasteiger partial charge is 0.422 e. The van der Waals surface area contributed by atoms with Crippen LogP contribution in [0.4, 0.5) is 18.9 Å². The van der Waals surface area contributed by atoms with Crippen LogP contribution < -0.4 is 15.2 Å². The van der Waals surface area contributed by atoms with E-state index in [1.807, 2.05) is 0 Å².